The molecule has 11 atom stereocenters. The number of aliphatic hydroxyl groups is 1. The van der Waals surface area contributed by atoms with Crippen LogP contribution in [0.2, 0.25) is 0 Å². The summed E-state index contributed by atoms with van der Waals surface area (Å²) in [6, 6.07) is -0.365. The van der Waals surface area contributed by atoms with Gasteiger partial charge < -0.3 is 34.1 Å². The van der Waals surface area contributed by atoms with Gasteiger partial charge in [0, 0.05) is 38.8 Å². The van der Waals surface area contributed by atoms with Gasteiger partial charge in [-0.3, -0.25) is 19.2 Å². The van der Waals surface area contributed by atoms with Gasteiger partial charge in [-0.15, -0.1) is 12.3 Å². The molecule has 0 unspecified atom stereocenters. The second-order valence-electron chi connectivity index (χ2n) is 13.0. The molecule has 11 nitrogen and oxygen atoms in total. The van der Waals surface area contributed by atoms with Crippen LogP contribution in [-0.4, -0.2) is 90.2 Å². The molecule has 11 heteroatoms. The Bertz CT molecular complexity index is 1140. The number of esters is 2. The zero-order chi connectivity index (χ0) is 34.3. The summed E-state index contributed by atoms with van der Waals surface area (Å²) in [7, 11) is 1.46. The summed E-state index contributed by atoms with van der Waals surface area (Å²) in [5, 5.41) is 14.5. The molecular formula is C34H53NO10. The third kappa shape index (κ3) is 9.69. The van der Waals surface area contributed by atoms with Crippen LogP contribution >= 0.6 is 0 Å². The van der Waals surface area contributed by atoms with Crippen LogP contribution in [0.4, 0.5) is 0 Å². The standard InChI is InChI=1S/C34H53NO10/c1-12-14-15-35-25-16-21(5)42-32(29(25)43-24(8)36)45-30-22(6)28(38)23(7)31(39)44-26(13-2)33(9,40)17-19(3)27(37)20(4)18-34(30,10)41-11/h1,17,20-23,25-26,29-30,32,35,40H,13-16,18H2,2-11H3/b19-17+/t20-,21-,22+,23-,25+,26-,29-,30-,32+,33+,34-/m1/s1. The summed E-state index contributed by atoms with van der Waals surface area (Å²) >= 11 is 0. The maximum Gasteiger partial charge on any atom is 0.316 e. The number of ketones is 2. The van der Waals surface area contributed by atoms with Crippen LogP contribution in [0.1, 0.15) is 88.0 Å². The molecule has 0 bridgehead atoms. The van der Waals surface area contributed by atoms with Gasteiger partial charge in [-0.25, -0.2) is 0 Å². The van der Waals surface area contributed by atoms with Crippen LogP contribution in [0.25, 0.3) is 0 Å². The Morgan fingerprint density at radius 2 is 1.84 bits per heavy atom. The van der Waals surface area contributed by atoms with E-state index in [2.05, 4.69) is 11.2 Å². The van der Waals surface area contributed by atoms with Crippen molar-refractivity contribution in [1.82, 2.24) is 5.32 Å². The van der Waals surface area contributed by atoms with E-state index < -0.39 is 71.3 Å². The predicted octanol–water partition coefficient (Wildman–Crippen LogP) is 3.29. The highest BCUT2D eigenvalue weighted by atomic mass is 16.7. The number of ether oxygens (including phenoxy) is 5. The number of carbonyl (C=O) groups is 4. The van der Waals surface area contributed by atoms with E-state index in [0.717, 1.165) is 0 Å². The molecule has 2 aliphatic rings. The maximum atomic E-state index is 14.0. The molecule has 1 fully saturated rings. The zero-order valence-corrected chi connectivity index (χ0v) is 28.5. The molecule has 0 aromatic heterocycles. The summed E-state index contributed by atoms with van der Waals surface area (Å²) in [5.41, 5.74) is -2.61. The number of terminal acetylenes is 1. The van der Waals surface area contributed by atoms with E-state index in [9.17, 15) is 24.3 Å². The Morgan fingerprint density at radius 1 is 1.20 bits per heavy atom. The number of nitrogens with one attached hydrogen (secondary N) is 1. The topological polar surface area (TPSA) is 147 Å². The molecule has 0 aromatic carbocycles. The average molecular weight is 636 g/mol. The molecule has 2 rings (SSSR count). The number of methoxy groups -OCH3 is 1. The first-order valence-electron chi connectivity index (χ1n) is 15.8. The van der Waals surface area contributed by atoms with Gasteiger partial charge in [0.2, 0.25) is 0 Å². The first-order chi connectivity index (χ1) is 20.9. The van der Waals surface area contributed by atoms with E-state index in [4.69, 9.17) is 30.1 Å². The number of hydrogen-bond acceptors (Lipinski definition) is 11. The van der Waals surface area contributed by atoms with Crippen LogP contribution in [-0.2, 0) is 42.9 Å². The molecule has 0 radical (unpaired) electrons. The highest BCUT2D eigenvalue weighted by Crippen LogP contribution is 2.37. The molecule has 0 aliphatic carbocycles. The minimum Gasteiger partial charge on any atom is -0.458 e. The van der Waals surface area contributed by atoms with Crippen molar-refractivity contribution >= 4 is 23.5 Å². The molecule has 1 saturated heterocycles. The number of hydrogen-bond donors (Lipinski definition) is 2. The lowest BCUT2D eigenvalue weighted by Gasteiger charge is -2.46. The van der Waals surface area contributed by atoms with Crippen LogP contribution in [0, 0.1) is 30.1 Å². The number of allylic oxidation sites excluding steroid dienone is 1. The summed E-state index contributed by atoms with van der Waals surface area (Å²) in [5.74, 6) is -2.30. The van der Waals surface area contributed by atoms with E-state index in [1.807, 2.05) is 6.92 Å². The first-order valence-corrected chi connectivity index (χ1v) is 15.8. The van der Waals surface area contributed by atoms with Crippen molar-refractivity contribution in [2.24, 2.45) is 17.8 Å². The minimum absolute atomic E-state index is 0.123. The van der Waals surface area contributed by atoms with Crippen molar-refractivity contribution in [3.63, 3.8) is 0 Å². The lowest BCUT2D eigenvalue weighted by molar-refractivity contribution is -0.293. The van der Waals surface area contributed by atoms with Gasteiger partial charge in [0.25, 0.3) is 0 Å². The van der Waals surface area contributed by atoms with Gasteiger partial charge in [-0.1, -0.05) is 20.8 Å². The van der Waals surface area contributed by atoms with E-state index >= 15 is 0 Å². The molecule has 0 amide bonds. The van der Waals surface area contributed by atoms with Crippen LogP contribution in [0.3, 0.4) is 0 Å². The number of carbonyl (C=O) groups excluding carboxylic acids is 4. The summed E-state index contributed by atoms with van der Waals surface area (Å²) in [6.07, 6.45) is 3.80. The summed E-state index contributed by atoms with van der Waals surface area (Å²) in [6.45, 7) is 15.0. The molecule has 0 spiro atoms. The lowest BCUT2D eigenvalue weighted by Crippen LogP contribution is -2.60. The smallest absolute Gasteiger partial charge is 0.316 e. The Labute approximate surface area is 268 Å². The number of rotatable bonds is 8. The molecule has 254 valence electrons. The van der Waals surface area contributed by atoms with Gasteiger partial charge in [0.15, 0.2) is 24.0 Å². The van der Waals surface area contributed by atoms with Crippen molar-refractivity contribution < 1.29 is 48.0 Å². The van der Waals surface area contributed by atoms with Crippen LogP contribution < -0.4 is 5.32 Å². The van der Waals surface area contributed by atoms with Crippen molar-refractivity contribution in [1.29, 1.82) is 0 Å². The zero-order valence-electron chi connectivity index (χ0n) is 28.5. The van der Waals surface area contributed by atoms with Gasteiger partial charge in [-0.2, -0.15) is 0 Å². The predicted molar refractivity (Wildman–Crippen MR) is 167 cm³/mol. The first kappa shape index (κ1) is 38.6. The third-order valence-corrected chi connectivity index (χ3v) is 8.96. The lowest BCUT2D eigenvalue weighted by atomic mass is 9.77. The summed E-state index contributed by atoms with van der Waals surface area (Å²) in [4.78, 5) is 53.1. The Balaban J connectivity index is 2.65. The molecule has 0 saturated carbocycles. The number of cyclic esters (lactones) is 1. The quantitative estimate of drug-likeness (QED) is 0.175. The highest BCUT2D eigenvalue weighted by molar-refractivity contribution is 6.00. The molecular weight excluding hydrogens is 582 g/mol. The Kier molecular flexibility index (Phi) is 13.9. The SMILES string of the molecule is C#CCCN[C@H]1C[C@@H](C)O[C@@H](O[C@@H]2[C@@H](C)C(=O)[C@@H](C)C(=O)O[C@H](CC)[C@@](C)(O)/C=C(\C)C(=O)[C@H](C)C[C@@]2(C)OC)[C@@H]1OC(C)=O. The molecule has 45 heavy (non-hydrogen) atoms. The van der Waals surface area contributed by atoms with E-state index in [1.54, 1.807) is 34.6 Å². The van der Waals surface area contributed by atoms with Gasteiger partial charge in [0.1, 0.15) is 17.6 Å². The molecule has 2 aliphatic heterocycles. The maximum absolute atomic E-state index is 14.0. The summed E-state index contributed by atoms with van der Waals surface area (Å²) < 4.78 is 30.2. The molecule has 2 heterocycles. The fourth-order valence-corrected chi connectivity index (χ4v) is 6.47. The Hall–Kier alpha value is -2.62. The van der Waals surface area contributed by atoms with E-state index in [0.29, 0.717) is 25.0 Å². The van der Waals surface area contributed by atoms with Gasteiger partial charge >= 0.3 is 11.9 Å². The normalized spacial score (nSPS) is 40.0. The van der Waals surface area contributed by atoms with Crippen molar-refractivity contribution in [3.8, 4) is 12.3 Å². The van der Waals surface area contributed by atoms with E-state index in [1.165, 1.54) is 34.0 Å². The van der Waals surface area contributed by atoms with Crippen LogP contribution in [0.5, 0.6) is 0 Å². The number of Topliss-reactive ketones (excluding diaryl/α,β-unsaturated/α-hetero) is 2. The van der Waals surface area contributed by atoms with E-state index in [-0.39, 0.29) is 30.8 Å². The third-order valence-electron chi connectivity index (χ3n) is 8.96. The highest BCUT2D eigenvalue weighted by Gasteiger charge is 2.50. The fourth-order valence-electron chi connectivity index (χ4n) is 6.47. The molecule has 0 aromatic rings. The average Bonchev–Trinajstić information content (AvgIpc) is 2.97. The van der Waals surface area contributed by atoms with Crippen molar-refractivity contribution in [2.75, 3.05) is 13.7 Å². The second kappa shape index (κ2) is 16.3. The van der Waals surface area contributed by atoms with Gasteiger partial charge in [0.05, 0.1) is 23.9 Å². The van der Waals surface area contributed by atoms with Crippen molar-refractivity contribution in [2.45, 2.75) is 136 Å². The minimum atomic E-state index is -1.65. The van der Waals surface area contributed by atoms with Crippen LogP contribution in [0.15, 0.2) is 11.6 Å². The monoisotopic (exact) mass is 635 g/mol. The Morgan fingerprint density at radius 3 is 2.40 bits per heavy atom. The van der Waals surface area contributed by atoms with Gasteiger partial charge in [-0.05, 0) is 65.5 Å². The second-order valence-corrected chi connectivity index (χ2v) is 13.0. The largest absolute Gasteiger partial charge is 0.458 e. The fraction of sp³-hybridized carbons (Fsp3) is 0.765. The van der Waals surface area contributed by atoms with Crippen molar-refractivity contribution in [3.05, 3.63) is 11.6 Å². The molecule has 2 N–H and O–H groups in total.